The van der Waals surface area contributed by atoms with E-state index in [-0.39, 0.29) is 28.5 Å². The quantitative estimate of drug-likeness (QED) is 0.769. The number of hydrogen-bond acceptors (Lipinski definition) is 2. The van der Waals surface area contributed by atoms with Gasteiger partial charge in [-0.05, 0) is 0 Å². The summed E-state index contributed by atoms with van der Waals surface area (Å²) in [6.45, 7) is 4.95. The number of rotatable bonds is 2. The zero-order valence-electron chi connectivity index (χ0n) is 8.69. The molecule has 1 aromatic carbocycles. The second kappa shape index (κ2) is 15.3. The molecule has 2 nitrogen and oxygen atoms in total. The largest absolute Gasteiger partial charge is 2.00 e. The molecule has 1 rings (SSSR count). The Balaban J connectivity index is -0.000000180. The normalized spacial score (nSPS) is 7.36. The summed E-state index contributed by atoms with van der Waals surface area (Å²) in [6, 6.07) is 10.2. The minimum atomic E-state index is 0. The van der Waals surface area contributed by atoms with Crippen LogP contribution in [0.1, 0.15) is 5.56 Å². The van der Waals surface area contributed by atoms with Crippen molar-refractivity contribution in [2.45, 2.75) is 6.42 Å². The van der Waals surface area contributed by atoms with Gasteiger partial charge in [0.05, 0.1) is 0 Å². The van der Waals surface area contributed by atoms with Gasteiger partial charge in [0.2, 0.25) is 0 Å². The Hall–Kier alpha value is -0.172. The molecule has 0 bridgehead atoms. The van der Waals surface area contributed by atoms with Crippen LogP contribution < -0.4 is 11.5 Å². The predicted octanol–water partition coefficient (Wildman–Crippen LogP) is 1.41. The summed E-state index contributed by atoms with van der Waals surface area (Å²) < 4.78 is 0. The van der Waals surface area contributed by atoms with E-state index in [9.17, 15) is 0 Å². The Morgan fingerprint density at radius 2 is 1.43 bits per heavy atom. The number of benzene rings is 1. The average molecular weight is 375 g/mol. The maximum absolute atomic E-state index is 4.90. The first-order valence-electron chi connectivity index (χ1n) is 4.08. The van der Waals surface area contributed by atoms with E-state index in [0.717, 1.165) is 6.42 Å². The van der Waals surface area contributed by atoms with Crippen molar-refractivity contribution in [3.63, 3.8) is 0 Å². The van der Waals surface area contributed by atoms with Gasteiger partial charge in [0.15, 0.2) is 0 Å². The smallest absolute Gasteiger partial charge is 0.358 e. The third kappa shape index (κ3) is 11.8. The fraction of sp³-hybridized carbons (Fsp3) is 0.273. The van der Waals surface area contributed by atoms with Gasteiger partial charge in [0.1, 0.15) is 0 Å². The number of hydrogen-bond donors (Lipinski definition) is 2. The van der Waals surface area contributed by atoms with Gasteiger partial charge in [-0.25, -0.2) is 0 Å². The van der Waals surface area contributed by atoms with Crippen molar-refractivity contribution in [2.75, 3.05) is 13.1 Å². The zero-order chi connectivity index (χ0) is 9.23. The van der Waals surface area contributed by atoms with Gasteiger partial charge in [-0.15, -0.1) is 0 Å². The standard InChI is InChI=1S/C8H9.C2H8N2.CH3.Pt/c1-2-8-6-4-3-5-7-8;3-1-2-4;;/h3-7H,1-2H2;1-4H2;1H3;/q-1;;-1;+2. The van der Waals surface area contributed by atoms with Crippen LogP contribution in [0.2, 0.25) is 0 Å². The van der Waals surface area contributed by atoms with Crippen LogP contribution in [0.4, 0.5) is 0 Å². The molecule has 14 heavy (non-hydrogen) atoms. The molecule has 3 heteroatoms. The SMILES string of the molecule is NCCN.[CH2-]Cc1ccccc1.[CH3-].[Pt+2]. The summed E-state index contributed by atoms with van der Waals surface area (Å²) in [6.07, 6.45) is 0.890. The summed E-state index contributed by atoms with van der Waals surface area (Å²) in [5.41, 5.74) is 11.1. The van der Waals surface area contributed by atoms with E-state index in [2.05, 4.69) is 19.1 Å². The molecule has 1 aromatic rings. The third-order valence-corrected chi connectivity index (χ3v) is 1.30. The van der Waals surface area contributed by atoms with Crippen molar-refractivity contribution >= 4 is 0 Å². The van der Waals surface area contributed by atoms with E-state index in [0.29, 0.717) is 13.1 Å². The molecule has 0 atom stereocenters. The molecule has 0 radical (unpaired) electrons. The van der Waals surface area contributed by atoms with E-state index < -0.39 is 0 Å². The van der Waals surface area contributed by atoms with Crippen molar-refractivity contribution in [2.24, 2.45) is 11.5 Å². The average Bonchev–Trinajstić information content (AvgIpc) is 2.19. The maximum Gasteiger partial charge on any atom is 2.00 e. The second-order valence-electron chi connectivity index (χ2n) is 2.31. The zero-order valence-corrected chi connectivity index (χ0v) is 11.0. The number of nitrogens with two attached hydrogens (primary N) is 2. The fourth-order valence-corrected chi connectivity index (χ4v) is 0.645. The van der Waals surface area contributed by atoms with Crippen LogP contribution in [0.5, 0.6) is 0 Å². The fourth-order valence-electron chi connectivity index (χ4n) is 0.645. The van der Waals surface area contributed by atoms with Crippen molar-refractivity contribution in [3.05, 3.63) is 50.2 Å². The van der Waals surface area contributed by atoms with Crippen LogP contribution in [0, 0.1) is 14.4 Å². The molecule has 0 saturated heterocycles. The monoisotopic (exact) mass is 375 g/mol. The van der Waals surface area contributed by atoms with Crippen molar-refractivity contribution in [3.8, 4) is 0 Å². The molecule has 0 spiro atoms. The molecule has 4 N–H and O–H groups in total. The van der Waals surface area contributed by atoms with Gasteiger partial charge in [-0.3, -0.25) is 0 Å². The molecule has 0 aliphatic carbocycles. The second-order valence-corrected chi connectivity index (χ2v) is 2.31. The van der Waals surface area contributed by atoms with Gasteiger partial charge in [-0.1, -0.05) is 35.9 Å². The third-order valence-electron chi connectivity index (χ3n) is 1.30. The maximum atomic E-state index is 4.90. The van der Waals surface area contributed by atoms with E-state index in [1.807, 2.05) is 18.2 Å². The Bertz CT molecular complexity index is 176. The van der Waals surface area contributed by atoms with Crippen molar-refractivity contribution in [1.29, 1.82) is 0 Å². The summed E-state index contributed by atoms with van der Waals surface area (Å²) in [5, 5.41) is 0. The molecule has 0 unspecified atom stereocenters. The topological polar surface area (TPSA) is 52.0 Å². The Morgan fingerprint density at radius 3 is 1.64 bits per heavy atom. The van der Waals surface area contributed by atoms with Gasteiger partial charge in [0, 0.05) is 13.1 Å². The van der Waals surface area contributed by atoms with Crippen LogP contribution in [-0.2, 0) is 27.5 Å². The molecule has 0 amide bonds. The molecule has 0 fully saturated rings. The van der Waals surface area contributed by atoms with Gasteiger partial charge >= 0.3 is 21.1 Å². The van der Waals surface area contributed by atoms with Crippen molar-refractivity contribution in [1.82, 2.24) is 0 Å². The van der Waals surface area contributed by atoms with Crippen LogP contribution in [0.3, 0.4) is 0 Å². The molecule has 84 valence electrons. The van der Waals surface area contributed by atoms with Crippen LogP contribution in [-0.4, -0.2) is 13.1 Å². The Morgan fingerprint density at radius 1 is 1.00 bits per heavy atom. The van der Waals surface area contributed by atoms with E-state index in [1.165, 1.54) is 5.56 Å². The van der Waals surface area contributed by atoms with Crippen LogP contribution >= 0.6 is 0 Å². The molecule has 0 aromatic heterocycles. The van der Waals surface area contributed by atoms with Crippen LogP contribution in [0.15, 0.2) is 30.3 Å². The minimum absolute atomic E-state index is 0. The van der Waals surface area contributed by atoms with E-state index >= 15 is 0 Å². The first-order valence-corrected chi connectivity index (χ1v) is 4.08. The first-order chi connectivity index (χ1) is 5.85. The van der Waals surface area contributed by atoms with Crippen molar-refractivity contribution < 1.29 is 21.1 Å². The Labute approximate surface area is 102 Å². The predicted molar refractivity (Wildman–Crippen MR) is 60.0 cm³/mol. The van der Waals surface area contributed by atoms with Gasteiger partial charge < -0.3 is 25.8 Å². The summed E-state index contributed by atoms with van der Waals surface area (Å²) >= 11 is 0. The summed E-state index contributed by atoms with van der Waals surface area (Å²) in [7, 11) is 0. The molecule has 0 aliphatic heterocycles. The minimum Gasteiger partial charge on any atom is -0.358 e. The summed E-state index contributed by atoms with van der Waals surface area (Å²) in [5.74, 6) is 0. The first kappa shape index (κ1) is 19.4. The Kier molecular flexibility index (Phi) is 21.2. The molecule has 0 aliphatic rings. The van der Waals surface area contributed by atoms with Crippen LogP contribution in [0.25, 0.3) is 0 Å². The summed E-state index contributed by atoms with van der Waals surface area (Å²) in [4.78, 5) is 0. The van der Waals surface area contributed by atoms with E-state index in [1.54, 1.807) is 0 Å². The molecule has 0 heterocycles. The van der Waals surface area contributed by atoms with E-state index in [4.69, 9.17) is 11.5 Å². The van der Waals surface area contributed by atoms with Gasteiger partial charge in [0.25, 0.3) is 0 Å². The molecule has 0 saturated carbocycles. The van der Waals surface area contributed by atoms with Gasteiger partial charge in [-0.2, -0.15) is 6.42 Å². The molecular formula is C11H20N2Pt. The molecular weight excluding hydrogens is 355 g/mol.